The van der Waals surface area contributed by atoms with Gasteiger partial charge in [-0.15, -0.1) is 0 Å². The summed E-state index contributed by atoms with van der Waals surface area (Å²) in [6.45, 7) is 9.09. The van der Waals surface area contributed by atoms with E-state index in [1.807, 2.05) is 62.9 Å². The zero-order chi connectivity index (χ0) is 24.5. The fourth-order valence-corrected chi connectivity index (χ4v) is 5.05. The molecule has 2 aliphatic heterocycles. The highest BCUT2D eigenvalue weighted by Crippen LogP contribution is 2.41. The number of carboxylic acids is 1. The number of para-hydroxylation sites is 1. The van der Waals surface area contributed by atoms with Gasteiger partial charge in [0.1, 0.15) is 5.60 Å². The molecule has 2 aromatic rings. The number of amides is 1. The minimum atomic E-state index is -0.785. The number of ether oxygens (including phenoxy) is 1. The van der Waals surface area contributed by atoms with Crippen LogP contribution in [-0.2, 0) is 9.53 Å². The lowest BCUT2D eigenvalue weighted by atomic mass is 9.92. The van der Waals surface area contributed by atoms with Crippen LogP contribution in [0.15, 0.2) is 48.5 Å². The largest absolute Gasteiger partial charge is 0.481 e. The van der Waals surface area contributed by atoms with Gasteiger partial charge in [0.2, 0.25) is 0 Å². The van der Waals surface area contributed by atoms with E-state index in [2.05, 4.69) is 28.4 Å². The first-order valence-electron chi connectivity index (χ1n) is 12.1. The number of benzene rings is 2. The molecule has 3 atom stereocenters. The van der Waals surface area contributed by atoms with Crippen molar-refractivity contribution in [3.63, 3.8) is 0 Å². The molecule has 0 saturated carbocycles. The van der Waals surface area contributed by atoms with Crippen molar-refractivity contribution in [1.82, 2.24) is 4.90 Å². The maximum absolute atomic E-state index is 12.7. The van der Waals surface area contributed by atoms with E-state index in [0.717, 1.165) is 42.0 Å². The number of nitrogens with one attached hydrogen (secondary N) is 1. The molecule has 2 N–H and O–H groups in total. The number of piperazine rings is 1. The molecule has 7 heteroatoms. The second kappa shape index (κ2) is 9.57. The predicted molar refractivity (Wildman–Crippen MR) is 134 cm³/mol. The number of carbonyl (C=O) groups is 2. The van der Waals surface area contributed by atoms with Crippen molar-refractivity contribution >= 4 is 29.1 Å². The molecule has 1 unspecified atom stereocenters. The lowest BCUT2D eigenvalue weighted by Gasteiger charge is -2.37. The molecule has 2 saturated heterocycles. The van der Waals surface area contributed by atoms with Crippen LogP contribution in [0.2, 0.25) is 0 Å². The fraction of sp³-hybridized carbons (Fsp3) is 0.481. The van der Waals surface area contributed by atoms with E-state index in [1.54, 1.807) is 0 Å². The Morgan fingerprint density at radius 1 is 1.12 bits per heavy atom. The third kappa shape index (κ3) is 5.29. The molecule has 34 heavy (non-hydrogen) atoms. The Labute approximate surface area is 201 Å². The molecule has 1 amide bonds. The van der Waals surface area contributed by atoms with Gasteiger partial charge in [-0.05, 0) is 69.4 Å². The van der Waals surface area contributed by atoms with Gasteiger partial charge in [0, 0.05) is 24.8 Å². The van der Waals surface area contributed by atoms with E-state index in [-0.39, 0.29) is 30.5 Å². The van der Waals surface area contributed by atoms with Crippen molar-refractivity contribution in [2.24, 2.45) is 0 Å². The first-order valence-corrected chi connectivity index (χ1v) is 12.1. The van der Waals surface area contributed by atoms with E-state index >= 15 is 0 Å². The SMILES string of the molecule is CCC(CC(=O)O)c1ccc(N2C[C@@H]3C[C@H]2CN3C(=O)OC(C)(C)C)c(Nc2ccccc2)c1. The first kappa shape index (κ1) is 23.9. The highest BCUT2D eigenvalue weighted by molar-refractivity contribution is 5.78. The number of hydrogen-bond acceptors (Lipinski definition) is 5. The third-order valence-corrected chi connectivity index (χ3v) is 6.64. The Balaban J connectivity index is 1.59. The van der Waals surface area contributed by atoms with E-state index in [1.165, 1.54) is 0 Å². The average Bonchev–Trinajstić information content (AvgIpc) is 3.38. The summed E-state index contributed by atoms with van der Waals surface area (Å²) in [6, 6.07) is 16.6. The third-order valence-electron chi connectivity index (χ3n) is 6.64. The Kier molecular flexibility index (Phi) is 6.73. The van der Waals surface area contributed by atoms with Gasteiger partial charge in [-0.2, -0.15) is 0 Å². The monoisotopic (exact) mass is 465 g/mol. The van der Waals surface area contributed by atoms with Crippen molar-refractivity contribution in [3.8, 4) is 0 Å². The predicted octanol–water partition coefficient (Wildman–Crippen LogP) is 5.60. The molecule has 0 aromatic heterocycles. The molecule has 4 rings (SSSR count). The second-order valence-electron chi connectivity index (χ2n) is 10.3. The van der Waals surface area contributed by atoms with Crippen LogP contribution >= 0.6 is 0 Å². The fourth-order valence-electron chi connectivity index (χ4n) is 5.05. The minimum absolute atomic E-state index is 0.0411. The van der Waals surface area contributed by atoms with Crippen LogP contribution in [0.5, 0.6) is 0 Å². The highest BCUT2D eigenvalue weighted by atomic mass is 16.6. The maximum Gasteiger partial charge on any atom is 0.410 e. The van der Waals surface area contributed by atoms with Crippen molar-refractivity contribution in [2.75, 3.05) is 23.3 Å². The van der Waals surface area contributed by atoms with Crippen LogP contribution in [0.3, 0.4) is 0 Å². The number of fused-ring (bicyclic) bond motifs is 2. The van der Waals surface area contributed by atoms with Crippen LogP contribution in [0.4, 0.5) is 21.9 Å². The van der Waals surface area contributed by atoms with Crippen LogP contribution < -0.4 is 10.2 Å². The molecule has 7 nitrogen and oxygen atoms in total. The van der Waals surface area contributed by atoms with Gasteiger partial charge >= 0.3 is 12.1 Å². The van der Waals surface area contributed by atoms with Gasteiger partial charge < -0.3 is 25.0 Å². The summed E-state index contributed by atoms with van der Waals surface area (Å²) >= 11 is 0. The molecule has 182 valence electrons. The number of anilines is 3. The summed E-state index contributed by atoms with van der Waals surface area (Å²) in [6.07, 6.45) is 1.55. The van der Waals surface area contributed by atoms with E-state index in [4.69, 9.17) is 4.74 Å². The van der Waals surface area contributed by atoms with Crippen LogP contribution in [-0.4, -0.2) is 52.8 Å². The van der Waals surface area contributed by atoms with Gasteiger partial charge in [-0.3, -0.25) is 4.79 Å². The first-order chi connectivity index (χ1) is 16.1. The standard InChI is InChI=1S/C27H35N3O4/c1-5-18(14-25(31)32)19-11-12-24(23(13-19)28-20-9-7-6-8-10-20)29-16-22-15-21(29)17-30(22)26(33)34-27(2,3)4/h6-13,18,21-22,28H,5,14-17H2,1-4H3,(H,31,32)/t18?,21-,22-/m0/s1. The molecular formula is C27H35N3O4. The van der Waals surface area contributed by atoms with Crippen molar-refractivity contribution in [3.05, 3.63) is 54.1 Å². The lowest BCUT2D eigenvalue weighted by Crippen LogP contribution is -2.50. The number of carboxylic acid groups (broad SMARTS) is 1. The Bertz CT molecular complexity index is 1030. The number of carbonyl (C=O) groups excluding carboxylic acids is 1. The summed E-state index contributed by atoms with van der Waals surface area (Å²) in [5, 5.41) is 12.9. The zero-order valence-electron chi connectivity index (χ0n) is 20.5. The zero-order valence-corrected chi connectivity index (χ0v) is 20.5. The molecule has 2 aromatic carbocycles. The Morgan fingerprint density at radius 2 is 1.85 bits per heavy atom. The summed E-state index contributed by atoms with van der Waals surface area (Å²) in [5.74, 6) is -0.826. The van der Waals surface area contributed by atoms with Crippen molar-refractivity contribution in [1.29, 1.82) is 0 Å². The number of rotatable bonds is 7. The number of nitrogens with zero attached hydrogens (tertiary/aromatic N) is 2. The Hall–Kier alpha value is -3.22. The number of aliphatic carboxylic acids is 1. The van der Waals surface area contributed by atoms with Crippen molar-refractivity contribution < 1.29 is 19.4 Å². The number of likely N-dealkylation sites (tertiary alicyclic amines) is 1. The van der Waals surface area contributed by atoms with E-state index in [9.17, 15) is 14.7 Å². The minimum Gasteiger partial charge on any atom is -0.481 e. The topological polar surface area (TPSA) is 82.1 Å². The summed E-state index contributed by atoms with van der Waals surface area (Å²) in [4.78, 5) is 28.3. The number of hydrogen-bond donors (Lipinski definition) is 2. The second-order valence-corrected chi connectivity index (χ2v) is 10.3. The quantitative estimate of drug-likeness (QED) is 0.554. The Morgan fingerprint density at radius 3 is 2.44 bits per heavy atom. The van der Waals surface area contributed by atoms with E-state index < -0.39 is 11.6 Å². The van der Waals surface area contributed by atoms with Crippen LogP contribution in [0.1, 0.15) is 58.4 Å². The summed E-state index contributed by atoms with van der Waals surface area (Å²) in [5.41, 5.74) is 3.53. The molecule has 0 radical (unpaired) electrons. The molecule has 2 aliphatic rings. The molecule has 0 aliphatic carbocycles. The summed E-state index contributed by atoms with van der Waals surface area (Å²) in [7, 11) is 0. The van der Waals surface area contributed by atoms with Crippen molar-refractivity contribution in [2.45, 2.75) is 70.6 Å². The highest BCUT2D eigenvalue weighted by Gasteiger charge is 2.47. The van der Waals surface area contributed by atoms with Gasteiger partial charge in [0.25, 0.3) is 0 Å². The average molecular weight is 466 g/mol. The van der Waals surface area contributed by atoms with Crippen LogP contribution in [0.25, 0.3) is 0 Å². The molecule has 0 spiro atoms. The van der Waals surface area contributed by atoms with Gasteiger partial charge in [0.15, 0.2) is 0 Å². The normalized spacial score (nSPS) is 20.4. The van der Waals surface area contributed by atoms with Gasteiger partial charge in [0.05, 0.1) is 23.8 Å². The molecule has 2 bridgehead atoms. The molecular weight excluding hydrogens is 430 g/mol. The lowest BCUT2D eigenvalue weighted by molar-refractivity contribution is -0.137. The van der Waals surface area contributed by atoms with Crippen LogP contribution in [0, 0.1) is 0 Å². The summed E-state index contributed by atoms with van der Waals surface area (Å²) < 4.78 is 5.61. The van der Waals surface area contributed by atoms with Gasteiger partial charge in [-0.25, -0.2) is 4.79 Å². The van der Waals surface area contributed by atoms with E-state index in [0.29, 0.717) is 6.54 Å². The molecule has 2 fully saturated rings. The smallest absolute Gasteiger partial charge is 0.410 e. The van der Waals surface area contributed by atoms with Gasteiger partial charge in [-0.1, -0.05) is 31.2 Å². The molecule has 2 heterocycles. The maximum atomic E-state index is 12.7.